The monoisotopic (exact) mass is 165 g/mol. The Hall–Kier alpha value is -1.45. The van der Waals surface area contributed by atoms with E-state index in [-0.39, 0.29) is 11.9 Å². The van der Waals surface area contributed by atoms with Crippen LogP contribution in [0.5, 0.6) is 0 Å². The lowest BCUT2D eigenvalue weighted by atomic mass is 10.1. The summed E-state index contributed by atoms with van der Waals surface area (Å²) in [5, 5.41) is 6.16. The fourth-order valence-electron chi connectivity index (χ4n) is 1.53. The maximum Gasteiger partial charge on any atom is 0.240 e. The van der Waals surface area contributed by atoms with Crippen LogP contribution in [0.3, 0.4) is 0 Å². The van der Waals surface area contributed by atoms with Gasteiger partial charge in [-0.3, -0.25) is 4.79 Å². The first-order valence-electron chi connectivity index (χ1n) is 3.95. The first-order chi connectivity index (χ1) is 5.77. The summed E-state index contributed by atoms with van der Waals surface area (Å²) in [4.78, 5) is 10.8. The third-order valence-electron chi connectivity index (χ3n) is 2.19. The number of primary amides is 1. The summed E-state index contributed by atoms with van der Waals surface area (Å²) in [5.41, 5.74) is 7.47. The molecular formula is C8H11N3O. The molecule has 0 radical (unpaired) electrons. The molecule has 0 fully saturated rings. The predicted octanol–water partition coefficient (Wildman–Crippen LogP) is -0.795. The molecule has 4 N–H and O–H groups in total. The number of allylic oxidation sites excluding steroid dienone is 1. The van der Waals surface area contributed by atoms with Gasteiger partial charge >= 0.3 is 0 Å². The molecule has 2 aliphatic rings. The molecular weight excluding hydrogens is 154 g/mol. The zero-order chi connectivity index (χ0) is 8.55. The molecule has 4 nitrogen and oxygen atoms in total. The van der Waals surface area contributed by atoms with Crippen molar-refractivity contribution >= 4 is 5.91 Å². The summed E-state index contributed by atoms with van der Waals surface area (Å²) in [7, 11) is 0. The molecule has 0 saturated heterocycles. The molecule has 0 aliphatic carbocycles. The molecule has 0 bridgehead atoms. The van der Waals surface area contributed by atoms with Crippen LogP contribution in [0.2, 0.25) is 0 Å². The van der Waals surface area contributed by atoms with E-state index < -0.39 is 0 Å². The number of nitrogens with one attached hydrogen (secondary N) is 2. The van der Waals surface area contributed by atoms with Gasteiger partial charge in [0.15, 0.2) is 0 Å². The van der Waals surface area contributed by atoms with Crippen LogP contribution < -0.4 is 16.4 Å². The van der Waals surface area contributed by atoms with Crippen LogP contribution in [-0.2, 0) is 4.79 Å². The molecule has 0 saturated carbocycles. The van der Waals surface area contributed by atoms with Crippen molar-refractivity contribution in [2.75, 3.05) is 6.54 Å². The number of carbonyl (C=O) groups is 1. The fourth-order valence-corrected chi connectivity index (χ4v) is 1.53. The Bertz CT molecular complexity index is 280. The Morgan fingerprint density at radius 2 is 2.50 bits per heavy atom. The largest absolute Gasteiger partial charge is 0.387 e. The van der Waals surface area contributed by atoms with E-state index in [4.69, 9.17) is 5.73 Å². The highest BCUT2D eigenvalue weighted by atomic mass is 16.1. The minimum atomic E-state index is -0.280. The van der Waals surface area contributed by atoms with Crippen LogP contribution in [0.25, 0.3) is 0 Å². The number of hydrogen-bond donors (Lipinski definition) is 3. The number of carbonyl (C=O) groups excluding carboxylic acids is 1. The topological polar surface area (TPSA) is 67.2 Å². The zero-order valence-electron chi connectivity index (χ0n) is 6.63. The van der Waals surface area contributed by atoms with Crippen molar-refractivity contribution in [3.8, 4) is 0 Å². The molecule has 12 heavy (non-hydrogen) atoms. The Balaban J connectivity index is 2.12. The number of hydrogen-bond acceptors (Lipinski definition) is 3. The number of rotatable bonds is 1. The first-order valence-corrected chi connectivity index (χ1v) is 3.95. The molecule has 1 unspecified atom stereocenters. The summed E-state index contributed by atoms with van der Waals surface area (Å²) in [6.07, 6.45) is 4.54. The highest BCUT2D eigenvalue weighted by Gasteiger charge is 2.26. The number of amides is 1. The molecule has 1 atom stereocenters. The van der Waals surface area contributed by atoms with E-state index in [1.165, 1.54) is 5.57 Å². The maximum atomic E-state index is 10.8. The van der Waals surface area contributed by atoms with Crippen molar-refractivity contribution in [2.45, 2.75) is 12.5 Å². The van der Waals surface area contributed by atoms with Crippen LogP contribution >= 0.6 is 0 Å². The van der Waals surface area contributed by atoms with Crippen molar-refractivity contribution in [1.82, 2.24) is 10.6 Å². The lowest BCUT2D eigenvalue weighted by Crippen LogP contribution is -2.36. The van der Waals surface area contributed by atoms with Gasteiger partial charge in [0.05, 0.1) is 0 Å². The zero-order valence-corrected chi connectivity index (χ0v) is 6.63. The van der Waals surface area contributed by atoms with Crippen molar-refractivity contribution in [2.24, 2.45) is 5.73 Å². The molecule has 64 valence electrons. The number of dihydropyridines is 1. The van der Waals surface area contributed by atoms with Crippen molar-refractivity contribution in [1.29, 1.82) is 0 Å². The molecule has 2 aliphatic heterocycles. The van der Waals surface area contributed by atoms with E-state index in [1.807, 2.05) is 12.3 Å². The van der Waals surface area contributed by atoms with Gasteiger partial charge in [-0.2, -0.15) is 0 Å². The van der Waals surface area contributed by atoms with Crippen LogP contribution in [0, 0.1) is 0 Å². The standard InChI is InChI=1S/C8H11N3O/c9-8(12)7-3-5-4-10-2-1-6(5)11-7/h1-2,7,10-11H,3-4H2,(H2,9,12). The highest BCUT2D eigenvalue weighted by molar-refractivity contribution is 5.81. The predicted molar refractivity (Wildman–Crippen MR) is 44.9 cm³/mol. The quantitative estimate of drug-likeness (QED) is 0.476. The van der Waals surface area contributed by atoms with Gasteiger partial charge in [0.25, 0.3) is 0 Å². The molecule has 0 spiro atoms. The van der Waals surface area contributed by atoms with Crippen molar-refractivity contribution in [3.63, 3.8) is 0 Å². The summed E-state index contributed by atoms with van der Waals surface area (Å²) in [6.45, 7) is 0.822. The van der Waals surface area contributed by atoms with Crippen molar-refractivity contribution in [3.05, 3.63) is 23.5 Å². The van der Waals surface area contributed by atoms with E-state index in [1.54, 1.807) is 0 Å². The highest BCUT2D eigenvalue weighted by Crippen LogP contribution is 2.20. The lowest BCUT2D eigenvalue weighted by Gasteiger charge is -2.08. The van der Waals surface area contributed by atoms with Crippen LogP contribution in [0.15, 0.2) is 23.5 Å². The van der Waals surface area contributed by atoms with Gasteiger partial charge in [0.1, 0.15) is 6.04 Å². The minimum Gasteiger partial charge on any atom is -0.387 e. The summed E-state index contributed by atoms with van der Waals surface area (Å²) in [5.74, 6) is -0.280. The van der Waals surface area contributed by atoms with E-state index in [2.05, 4.69) is 10.6 Å². The van der Waals surface area contributed by atoms with Gasteiger partial charge in [0.2, 0.25) is 5.91 Å². The average molecular weight is 165 g/mol. The molecule has 0 aromatic carbocycles. The Morgan fingerprint density at radius 1 is 1.67 bits per heavy atom. The van der Waals surface area contributed by atoms with E-state index in [0.717, 1.165) is 18.7 Å². The van der Waals surface area contributed by atoms with E-state index in [0.29, 0.717) is 0 Å². The second-order valence-corrected chi connectivity index (χ2v) is 3.03. The molecule has 1 amide bonds. The second-order valence-electron chi connectivity index (χ2n) is 3.03. The molecule has 2 rings (SSSR count). The summed E-state index contributed by atoms with van der Waals surface area (Å²) < 4.78 is 0. The SMILES string of the molecule is NC(=O)C1CC2=C(C=CNC2)N1. The third-order valence-corrected chi connectivity index (χ3v) is 2.19. The summed E-state index contributed by atoms with van der Waals surface area (Å²) >= 11 is 0. The van der Waals surface area contributed by atoms with Crippen LogP contribution in [0.1, 0.15) is 6.42 Å². The van der Waals surface area contributed by atoms with E-state index >= 15 is 0 Å². The Morgan fingerprint density at radius 3 is 3.17 bits per heavy atom. The lowest BCUT2D eigenvalue weighted by molar-refractivity contribution is -0.119. The Labute approximate surface area is 70.5 Å². The van der Waals surface area contributed by atoms with E-state index in [9.17, 15) is 4.79 Å². The van der Waals surface area contributed by atoms with Gasteiger partial charge in [-0.05, 0) is 17.8 Å². The summed E-state index contributed by atoms with van der Waals surface area (Å²) in [6, 6.07) is -0.209. The average Bonchev–Trinajstić information content (AvgIpc) is 2.46. The molecule has 0 aromatic heterocycles. The van der Waals surface area contributed by atoms with Crippen LogP contribution in [0.4, 0.5) is 0 Å². The maximum absolute atomic E-state index is 10.8. The smallest absolute Gasteiger partial charge is 0.240 e. The third kappa shape index (κ3) is 1.05. The Kier molecular flexibility index (Phi) is 1.53. The number of nitrogens with two attached hydrogens (primary N) is 1. The molecule has 0 aromatic rings. The van der Waals surface area contributed by atoms with Gasteiger partial charge in [-0.25, -0.2) is 0 Å². The van der Waals surface area contributed by atoms with Gasteiger partial charge in [0, 0.05) is 18.7 Å². The van der Waals surface area contributed by atoms with Gasteiger partial charge < -0.3 is 16.4 Å². The van der Waals surface area contributed by atoms with Crippen molar-refractivity contribution < 1.29 is 4.79 Å². The normalized spacial score (nSPS) is 26.2. The first kappa shape index (κ1) is 7.21. The van der Waals surface area contributed by atoms with Gasteiger partial charge in [-0.15, -0.1) is 0 Å². The molecule has 2 heterocycles. The fraction of sp³-hybridized carbons (Fsp3) is 0.375. The second kappa shape index (κ2) is 2.55. The van der Waals surface area contributed by atoms with Gasteiger partial charge in [-0.1, -0.05) is 0 Å². The van der Waals surface area contributed by atoms with Crippen LogP contribution in [-0.4, -0.2) is 18.5 Å². The molecule has 4 heteroatoms. The minimum absolute atomic E-state index is 0.209.